The van der Waals surface area contributed by atoms with E-state index in [4.69, 9.17) is 0 Å². The molecule has 1 aromatic rings. The minimum absolute atomic E-state index is 0.0658. The van der Waals surface area contributed by atoms with Gasteiger partial charge in [-0.2, -0.15) is 9.78 Å². The molecule has 0 bridgehead atoms. The number of hydrogen-bond donors (Lipinski definition) is 1. The third-order valence-electron chi connectivity index (χ3n) is 4.59. The summed E-state index contributed by atoms with van der Waals surface area (Å²) in [6, 6.07) is 1.65. The van der Waals surface area contributed by atoms with Crippen molar-refractivity contribution in [1.82, 2.24) is 20.0 Å². The molecule has 2 fully saturated rings. The maximum Gasteiger partial charge on any atom is 0.342 e. The molecular weight excluding hydrogens is 280 g/mol. The van der Waals surface area contributed by atoms with Crippen LogP contribution in [0.15, 0.2) is 12.3 Å². The lowest BCUT2D eigenvalue weighted by Crippen LogP contribution is -2.39. The summed E-state index contributed by atoms with van der Waals surface area (Å²) in [5, 5.41) is 7.17. The van der Waals surface area contributed by atoms with Gasteiger partial charge in [-0.25, -0.2) is 4.79 Å². The van der Waals surface area contributed by atoms with Crippen LogP contribution < -0.4 is 5.32 Å². The summed E-state index contributed by atoms with van der Waals surface area (Å²) in [6.07, 6.45) is 10.5. The van der Waals surface area contributed by atoms with Crippen LogP contribution in [0.3, 0.4) is 0 Å². The van der Waals surface area contributed by atoms with Crippen LogP contribution in [0, 0.1) is 0 Å². The minimum atomic E-state index is -0.232. The highest BCUT2D eigenvalue weighted by Gasteiger charge is 2.22. The quantitative estimate of drug-likeness (QED) is 0.912. The van der Waals surface area contributed by atoms with Crippen molar-refractivity contribution in [3.8, 4) is 0 Å². The predicted octanol–water partition coefficient (Wildman–Crippen LogP) is 2.40. The molecule has 120 valence electrons. The normalized spacial score (nSPS) is 19.9. The Bertz CT molecular complexity index is 528. The molecule has 22 heavy (non-hydrogen) atoms. The second kappa shape index (κ2) is 6.94. The average Bonchev–Trinajstić information content (AvgIpc) is 3.06. The Hall–Kier alpha value is -1.85. The number of carbonyl (C=O) groups excluding carboxylic acids is 2. The first kappa shape index (κ1) is 15.1. The predicted molar refractivity (Wildman–Crippen MR) is 82.8 cm³/mol. The van der Waals surface area contributed by atoms with E-state index < -0.39 is 0 Å². The fourth-order valence-electron chi connectivity index (χ4n) is 3.30. The van der Waals surface area contributed by atoms with Crippen molar-refractivity contribution in [2.45, 2.75) is 57.4 Å². The molecule has 0 atom stereocenters. The topological polar surface area (TPSA) is 67.2 Å². The van der Waals surface area contributed by atoms with Gasteiger partial charge in [0.05, 0.1) is 0 Å². The van der Waals surface area contributed by atoms with Crippen molar-refractivity contribution in [3.63, 3.8) is 0 Å². The first-order valence-electron chi connectivity index (χ1n) is 8.40. The van der Waals surface area contributed by atoms with E-state index in [1.54, 1.807) is 12.3 Å². The number of rotatable bonds is 2. The van der Waals surface area contributed by atoms with E-state index in [1.807, 2.05) is 4.90 Å². The van der Waals surface area contributed by atoms with Gasteiger partial charge in [-0.15, -0.1) is 0 Å². The molecule has 6 heteroatoms. The molecule has 0 aromatic carbocycles. The first-order valence-corrected chi connectivity index (χ1v) is 8.40. The van der Waals surface area contributed by atoms with Crippen LogP contribution in [-0.4, -0.2) is 45.8 Å². The number of nitrogens with zero attached hydrogens (tertiary/aromatic N) is 3. The smallest absolute Gasteiger partial charge is 0.337 e. The van der Waals surface area contributed by atoms with Crippen LogP contribution in [0.5, 0.6) is 0 Å². The molecule has 6 nitrogen and oxygen atoms in total. The van der Waals surface area contributed by atoms with Crippen molar-refractivity contribution in [2.24, 2.45) is 0 Å². The van der Waals surface area contributed by atoms with Gasteiger partial charge in [0, 0.05) is 25.3 Å². The molecule has 2 amide bonds. The molecule has 1 N–H and O–H groups in total. The summed E-state index contributed by atoms with van der Waals surface area (Å²) < 4.78 is 1.26. The zero-order valence-electron chi connectivity index (χ0n) is 13.0. The third-order valence-corrected chi connectivity index (χ3v) is 4.59. The molecule has 0 unspecified atom stereocenters. The lowest BCUT2D eigenvalue weighted by molar-refractivity contribution is 0.0718. The highest BCUT2D eigenvalue weighted by atomic mass is 16.2. The van der Waals surface area contributed by atoms with Gasteiger partial charge in [0.1, 0.15) is 0 Å². The fourth-order valence-corrected chi connectivity index (χ4v) is 3.30. The van der Waals surface area contributed by atoms with E-state index in [-0.39, 0.29) is 18.0 Å². The summed E-state index contributed by atoms with van der Waals surface area (Å²) >= 11 is 0. The summed E-state index contributed by atoms with van der Waals surface area (Å²) in [7, 11) is 0. The maximum atomic E-state index is 12.3. The average molecular weight is 304 g/mol. The molecule has 1 aromatic heterocycles. The van der Waals surface area contributed by atoms with Gasteiger partial charge in [-0.05, 0) is 38.2 Å². The summed E-state index contributed by atoms with van der Waals surface area (Å²) in [4.78, 5) is 26.4. The van der Waals surface area contributed by atoms with Gasteiger partial charge >= 0.3 is 6.03 Å². The van der Waals surface area contributed by atoms with Crippen LogP contribution in [-0.2, 0) is 0 Å². The van der Waals surface area contributed by atoms with Gasteiger partial charge in [-0.1, -0.05) is 19.3 Å². The number of likely N-dealkylation sites (tertiary alicyclic amines) is 1. The molecule has 3 rings (SSSR count). The maximum absolute atomic E-state index is 12.3. The molecule has 2 heterocycles. The first-order chi connectivity index (χ1) is 10.7. The number of aromatic nitrogens is 2. The van der Waals surface area contributed by atoms with E-state index >= 15 is 0 Å². The Labute approximate surface area is 130 Å². The largest absolute Gasteiger partial charge is 0.342 e. The molecule has 0 spiro atoms. The molecule has 2 aliphatic rings. The molecule has 1 saturated heterocycles. The number of hydrogen-bond acceptors (Lipinski definition) is 3. The monoisotopic (exact) mass is 304 g/mol. The second-order valence-corrected chi connectivity index (χ2v) is 6.28. The summed E-state index contributed by atoms with van der Waals surface area (Å²) in [6.45, 7) is 1.58. The Kier molecular flexibility index (Phi) is 4.75. The Balaban J connectivity index is 1.59. The van der Waals surface area contributed by atoms with Gasteiger partial charge < -0.3 is 10.2 Å². The third kappa shape index (κ3) is 3.48. The van der Waals surface area contributed by atoms with Crippen LogP contribution in [0.1, 0.15) is 61.9 Å². The number of piperidine rings is 1. The Morgan fingerprint density at radius 3 is 2.45 bits per heavy atom. The number of carbonyl (C=O) groups is 2. The Morgan fingerprint density at radius 1 is 1.05 bits per heavy atom. The van der Waals surface area contributed by atoms with Gasteiger partial charge in [0.2, 0.25) is 0 Å². The second-order valence-electron chi connectivity index (χ2n) is 6.28. The summed E-state index contributed by atoms with van der Waals surface area (Å²) in [5.41, 5.74) is 0.362. The van der Waals surface area contributed by atoms with Crippen molar-refractivity contribution in [3.05, 3.63) is 18.0 Å². The summed E-state index contributed by atoms with van der Waals surface area (Å²) in [5.74, 6) is -0.0658. The molecule has 1 saturated carbocycles. The lowest BCUT2D eigenvalue weighted by Gasteiger charge is -2.25. The highest BCUT2D eigenvalue weighted by Crippen LogP contribution is 2.17. The van der Waals surface area contributed by atoms with Gasteiger partial charge in [-0.3, -0.25) is 4.79 Å². The van der Waals surface area contributed by atoms with Crippen molar-refractivity contribution in [1.29, 1.82) is 0 Å². The van der Waals surface area contributed by atoms with Crippen molar-refractivity contribution in [2.75, 3.05) is 13.1 Å². The minimum Gasteiger partial charge on any atom is -0.337 e. The fraction of sp³-hybridized carbons (Fsp3) is 0.688. The number of amides is 2. The molecular formula is C16H24N4O2. The van der Waals surface area contributed by atoms with Gasteiger partial charge in [0.15, 0.2) is 5.69 Å². The van der Waals surface area contributed by atoms with E-state index in [0.29, 0.717) is 5.69 Å². The molecule has 1 aliphatic carbocycles. The van der Waals surface area contributed by atoms with E-state index in [9.17, 15) is 9.59 Å². The number of nitrogens with one attached hydrogen (secondary N) is 1. The van der Waals surface area contributed by atoms with Crippen molar-refractivity contribution >= 4 is 11.9 Å². The zero-order chi connectivity index (χ0) is 15.4. The van der Waals surface area contributed by atoms with E-state index in [1.165, 1.54) is 30.4 Å². The van der Waals surface area contributed by atoms with Crippen LogP contribution >= 0.6 is 0 Å². The molecule has 0 radical (unpaired) electrons. The SMILES string of the molecule is O=C(c1ccn(C(=O)NC2CCCCC2)n1)N1CCCCC1. The van der Waals surface area contributed by atoms with Crippen molar-refractivity contribution < 1.29 is 9.59 Å². The van der Waals surface area contributed by atoms with Crippen LogP contribution in [0.25, 0.3) is 0 Å². The van der Waals surface area contributed by atoms with Crippen LogP contribution in [0.4, 0.5) is 4.79 Å². The van der Waals surface area contributed by atoms with Gasteiger partial charge in [0.25, 0.3) is 5.91 Å². The highest BCUT2D eigenvalue weighted by molar-refractivity contribution is 5.92. The standard InChI is InChI=1S/C16H24N4O2/c21-15(19-10-5-2-6-11-19)14-9-12-20(18-14)16(22)17-13-7-3-1-4-8-13/h9,12-13H,1-8,10-11H2,(H,17,22). The lowest BCUT2D eigenvalue weighted by atomic mass is 9.96. The van der Waals surface area contributed by atoms with Crippen LogP contribution in [0.2, 0.25) is 0 Å². The zero-order valence-corrected chi connectivity index (χ0v) is 13.0. The molecule has 1 aliphatic heterocycles. The van der Waals surface area contributed by atoms with E-state index in [2.05, 4.69) is 10.4 Å². The van der Waals surface area contributed by atoms with E-state index in [0.717, 1.165) is 38.8 Å². The Morgan fingerprint density at radius 2 is 1.73 bits per heavy atom.